The van der Waals surface area contributed by atoms with Gasteiger partial charge in [-0.3, -0.25) is 5.41 Å². The van der Waals surface area contributed by atoms with Gasteiger partial charge in [0.2, 0.25) is 0 Å². The van der Waals surface area contributed by atoms with Crippen LogP contribution in [0.25, 0.3) is 10.8 Å². The standard InChI is InChI=1S/C18H14N2/c19-18-16-10-4-2-7-14(16)12-20(18)17-11-5-8-13-6-1-3-9-15(13)17/h1-11,19H,12H2. The Kier molecular flexibility index (Phi) is 2.36. The van der Waals surface area contributed by atoms with Gasteiger partial charge in [-0.05, 0) is 17.0 Å². The van der Waals surface area contributed by atoms with Gasteiger partial charge in [-0.25, -0.2) is 0 Å². The van der Waals surface area contributed by atoms with Crippen molar-refractivity contribution < 1.29 is 0 Å². The van der Waals surface area contributed by atoms with Crippen molar-refractivity contribution >= 4 is 22.3 Å². The molecular formula is C18H14N2. The number of hydrogen-bond acceptors (Lipinski definition) is 1. The number of anilines is 1. The second kappa shape index (κ2) is 4.20. The van der Waals surface area contributed by atoms with Gasteiger partial charge in [0.1, 0.15) is 5.84 Å². The van der Waals surface area contributed by atoms with Crippen LogP contribution in [-0.2, 0) is 6.54 Å². The summed E-state index contributed by atoms with van der Waals surface area (Å²) in [5, 5.41) is 10.8. The van der Waals surface area contributed by atoms with Gasteiger partial charge in [0.05, 0.1) is 12.2 Å². The Morgan fingerprint density at radius 3 is 2.45 bits per heavy atom. The van der Waals surface area contributed by atoms with Crippen LogP contribution in [0.4, 0.5) is 5.69 Å². The minimum Gasteiger partial charge on any atom is -0.321 e. The van der Waals surface area contributed by atoms with E-state index in [1.165, 1.54) is 16.3 Å². The zero-order valence-corrected chi connectivity index (χ0v) is 11.0. The number of rotatable bonds is 1. The Balaban J connectivity index is 1.88. The number of nitrogens with zero attached hydrogens (tertiary/aromatic N) is 1. The molecule has 3 aromatic rings. The van der Waals surface area contributed by atoms with E-state index in [1.54, 1.807) is 0 Å². The summed E-state index contributed by atoms with van der Waals surface area (Å²) in [5.41, 5.74) is 3.38. The molecular weight excluding hydrogens is 244 g/mol. The summed E-state index contributed by atoms with van der Waals surface area (Å²) < 4.78 is 0. The molecule has 4 rings (SSSR count). The van der Waals surface area contributed by atoms with E-state index in [4.69, 9.17) is 5.41 Å². The lowest BCUT2D eigenvalue weighted by Gasteiger charge is -2.20. The van der Waals surface area contributed by atoms with Crippen molar-refractivity contribution in [1.82, 2.24) is 0 Å². The molecule has 0 unspecified atom stereocenters. The first-order chi connectivity index (χ1) is 9.84. The highest BCUT2D eigenvalue weighted by molar-refractivity contribution is 6.15. The SMILES string of the molecule is N=C1c2ccccc2CN1c1cccc2ccccc12. The second-order valence-corrected chi connectivity index (χ2v) is 5.09. The Morgan fingerprint density at radius 1 is 0.800 bits per heavy atom. The number of hydrogen-bond donors (Lipinski definition) is 1. The molecule has 0 aliphatic carbocycles. The van der Waals surface area contributed by atoms with Crippen molar-refractivity contribution in [1.29, 1.82) is 5.41 Å². The Hall–Kier alpha value is -2.61. The third-order valence-electron chi connectivity index (χ3n) is 3.93. The minimum atomic E-state index is 0.594. The van der Waals surface area contributed by atoms with E-state index in [-0.39, 0.29) is 0 Å². The Bertz CT molecular complexity index is 815. The third-order valence-corrected chi connectivity index (χ3v) is 3.93. The van der Waals surface area contributed by atoms with E-state index in [2.05, 4.69) is 53.4 Å². The number of amidine groups is 1. The van der Waals surface area contributed by atoms with Crippen LogP contribution in [-0.4, -0.2) is 5.84 Å². The van der Waals surface area contributed by atoms with Gasteiger partial charge in [-0.15, -0.1) is 0 Å². The van der Waals surface area contributed by atoms with Crippen LogP contribution in [0.1, 0.15) is 11.1 Å². The first-order valence-corrected chi connectivity index (χ1v) is 6.77. The summed E-state index contributed by atoms with van der Waals surface area (Å²) in [6.45, 7) is 0.781. The fourth-order valence-electron chi connectivity index (χ4n) is 2.93. The topological polar surface area (TPSA) is 27.1 Å². The van der Waals surface area contributed by atoms with Crippen molar-refractivity contribution in [2.24, 2.45) is 0 Å². The highest BCUT2D eigenvalue weighted by Gasteiger charge is 2.25. The van der Waals surface area contributed by atoms with Crippen LogP contribution in [0.2, 0.25) is 0 Å². The summed E-state index contributed by atoms with van der Waals surface area (Å²) in [6.07, 6.45) is 0. The smallest absolute Gasteiger partial charge is 0.133 e. The van der Waals surface area contributed by atoms with Gasteiger partial charge in [0.25, 0.3) is 0 Å². The lowest BCUT2D eigenvalue weighted by Crippen LogP contribution is -2.23. The van der Waals surface area contributed by atoms with Crippen LogP contribution in [0.5, 0.6) is 0 Å². The third kappa shape index (κ3) is 1.55. The number of nitrogens with one attached hydrogen (secondary N) is 1. The van der Waals surface area contributed by atoms with Crippen LogP contribution in [0, 0.1) is 5.41 Å². The van der Waals surface area contributed by atoms with Crippen LogP contribution in [0.3, 0.4) is 0 Å². The monoisotopic (exact) mass is 258 g/mol. The first kappa shape index (κ1) is 11.2. The van der Waals surface area contributed by atoms with Crippen molar-refractivity contribution in [2.45, 2.75) is 6.54 Å². The molecule has 2 heteroatoms. The van der Waals surface area contributed by atoms with Gasteiger partial charge in [0, 0.05) is 10.9 Å². The molecule has 0 spiro atoms. The largest absolute Gasteiger partial charge is 0.321 e. The van der Waals surface area contributed by atoms with E-state index in [1.807, 2.05) is 18.2 Å². The van der Waals surface area contributed by atoms with Gasteiger partial charge >= 0.3 is 0 Å². The summed E-state index contributed by atoms with van der Waals surface area (Å²) in [5.74, 6) is 0.594. The average Bonchev–Trinajstić information content (AvgIpc) is 2.84. The maximum atomic E-state index is 8.43. The number of benzene rings is 3. The van der Waals surface area contributed by atoms with Crippen molar-refractivity contribution in [3.63, 3.8) is 0 Å². The molecule has 1 aliphatic heterocycles. The van der Waals surface area contributed by atoms with E-state index in [9.17, 15) is 0 Å². The zero-order valence-electron chi connectivity index (χ0n) is 11.0. The molecule has 0 aromatic heterocycles. The molecule has 0 saturated carbocycles. The zero-order chi connectivity index (χ0) is 13.5. The fraction of sp³-hybridized carbons (Fsp3) is 0.0556. The van der Waals surface area contributed by atoms with Crippen molar-refractivity contribution in [2.75, 3.05) is 4.90 Å². The molecule has 0 amide bonds. The first-order valence-electron chi connectivity index (χ1n) is 6.77. The predicted molar refractivity (Wildman–Crippen MR) is 83.4 cm³/mol. The summed E-state index contributed by atoms with van der Waals surface area (Å²) >= 11 is 0. The van der Waals surface area contributed by atoms with E-state index in [0.717, 1.165) is 17.8 Å². The number of fused-ring (bicyclic) bond motifs is 2. The van der Waals surface area contributed by atoms with Crippen molar-refractivity contribution in [3.8, 4) is 0 Å². The molecule has 0 bridgehead atoms. The molecule has 1 aliphatic rings. The van der Waals surface area contributed by atoms with Gasteiger partial charge in [0.15, 0.2) is 0 Å². The molecule has 20 heavy (non-hydrogen) atoms. The lowest BCUT2D eigenvalue weighted by atomic mass is 10.1. The fourth-order valence-corrected chi connectivity index (χ4v) is 2.93. The molecule has 96 valence electrons. The maximum Gasteiger partial charge on any atom is 0.133 e. The average molecular weight is 258 g/mol. The highest BCUT2D eigenvalue weighted by Crippen LogP contribution is 2.33. The van der Waals surface area contributed by atoms with Gasteiger partial charge < -0.3 is 4.90 Å². The van der Waals surface area contributed by atoms with Gasteiger partial charge in [-0.1, -0.05) is 60.7 Å². The molecule has 1 heterocycles. The molecule has 0 atom stereocenters. The van der Waals surface area contributed by atoms with Crippen LogP contribution < -0.4 is 4.90 Å². The van der Waals surface area contributed by atoms with E-state index in [0.29, 0.717) is 5.84 Å². The highest BCUT2D eigenvalue weighted by atomic mass is 15.2. The minimum absolute atomic E-state index is 0.594. The molecule has 1 N–H and O–H groups in total. The van der Waals surface area contributed by atoms with Crippen LogP contribution in [0.15, 0.2) is 66.7 Å². The second-order valence-electron chi connectivity index (χ2n) is 5.09. The Morgan fingerprint density at radius 2 is 1.55 bits per heavy atom. The summed E-state index contributed by atoms with van der Waals surface area (Å²) in [7, 11) is 0. The quantitative estimate of drug-likeness (QED) is 0.696. The van der Waals surface area contributed by atoms with E-state index >= 15 is 0 Å². The molecule has 0 saturated heterocycles. The summed E-state index contributed by atoms with van der Waals surface area (Å²) in [4.78, 5) is 2.09. The lowest BCUT2D eigenvalue weighted by molar-refractivity contribution is 1.05. The molecule has 2 nitrogen and oxygen atoms in total. The molecule has 0 radical (unpaired) electrons. The summed E-state index contributed by atoms with van der Waals surface area (Å²) in [6, 6.07) is 22.8. The van der Waals surface area contributed by atoms with Gasteiger partial charge in [-0.2, -0.15) is 0 Å². The van der Waals surface area contributed by atoms with E-state index < -0.39 is 0 Å². The normalized spacial score (nSPS) is 13.8. The van der Waals surface area contributed by atoms with Crippen LogP contribution >= 0.6 is 0 Å². The maximum absolute atomic E-state index is 8.43. The predicted octanol–water partition coefficient (Wildman–Crippen LogP) is 4.19. The molecule has 0 fully saturated rings. The van der Waals surface area contributed by atoms with Crippen molar-refractivity contribution in [3.05, 3.63) is 77.9 Å². The molecule has 3 aromatic carbocycles. The Labute approximate surface area is 117 Å².